The number of benzene rings is 1. The van der Waals surface area contributed by atoms with Crippen molar-refractivity contribution in [3.05, 3.63) is 40.7 Å². The van der Waals surface area contributed by atoms with E-state index in [4.69, 9.17) is 4.74 Å². The van der Waals surface area contributed by atoms with Crippen LogP contribution in [-0.4, -0.2) is 42.6 Å². The Labute approximate surface area is 149 Å². The van der Waals surface area contributed by atoms with E-state index in [1.807, 2.05) is 19.1 Å². The lowest BCUT2D eigenvalue weighted by Gasteiger charge is -2.24. The molecule has 0 radical (unpaired) electrons. The first-order valence-corrected chi connectivity index (χ1v) is 9.95. The van der Waals surface area contributed by atoms with Crippen LogP contribution in [-0.2, 0) is 16.4 Å². The predicted molar refractivity (Wildman–Crippen MR) is 96.4 cm³/mol. The molecule has 2 aromatic rings. The van der Waals surface area contributed by atoms with E-state index in [0.29, 0.717) is 29.2 Å². The van der Waals surface area contributed by atoms with E-state index < -0.39 is 10.0 Å². The number of aromatic amines is 1. The molecule has 1 unspecified atom stereocenters. The van der Waals surface area contributed by atoms with E-state index in [1.165, 1.54) is 0 Å². The molecule has 3 rings (SSSR count). The third-order valence-electron chi connectivity index (χ3n) is 4.88. The molecule has 0 aliphatic carbocycles. The highest BCUT2D eigenvalue weighted by Gasteiger charge is 2.37. The van der Waals surface area contributed by atoms with Crippen molar-refractivity contribution in [2.24, 2.45) is 0 Å². The molecular weight excluding hydrogens is 338 g/mol. The van der Waals surface area contributed by atoms with Crippen molar-refractivity contribution in [3.63, 3.8) is 0 Å². The summed E-state index contributed by atoms with van der Waals surface area (Å²) in [6.07, 6.45) is 2.47. The molecule has 1 fully saturated rings. The van der Waals surface area contributed by atoms with Gasteiger partial charge in [0.1, 0.15) is 10.6 Å². The molecule has 25 heavy (non-hydrogen) atoms. The van der Waals surface area contributed by atoms with E-state index in [1.54, 1.807) is 25.3 Å². The maximum Gasteiger partial charge on any atom is 0.246 e. The number of aromatic nitrogens is 2. The van der Waals surface area contributed by atoms with Gasteiger partial charge < -0.3 is 4.74 Å². The summed E-state index contributed by atoms with van der Waals surface area (Å²) in [7, 11) is -1.88. The van der Waals surface area contributed by atoms with Crippen LogP contribution in [0.4, 0.5) is 0 Å². The highest BCUT2D eigenvalue weighted by atomic mass is 32.2. The first-order chi connectivity index (χ1) is 11.8. The number of nitrogens with zero attached hydrogens (tertiary/aromatic N) is 2. The van der Waals surface area contributed by atoms with Gasteiger partial charge in [-0.05, 0) is 57.2 Å². The quantitative estimate of drug-likeness (QED) is 0.886. The summed E-state index contributed by atoms with van der Waals surface area (Å²) >= 11 is 0. The largest absolute Gasteiger partial charge is 0.496 e. The van der Waals surface area contributed by atoms with Crippen molar-refractivity contribution in [1.82, 2.24) is 14.5 Å². The van der Waals surface area contributed by atoms with Crippen LogP contribution in [0.2, 0.25) is 0 Å². The van der Waals surface area contributed by atoms with Gasteiger partial charge in [0.05, 0.1) is 18.5 Å². The van der Waals surface area contributed by atoms with Crippen LogP contribution in [0, 0.1) is 20.8 Å². The first kappa shape index (κ1) is 17.9. The van der Waals surface area contributed by atoms with Crippen molar-refractivity contribution in [3.8, 4) is 5.75 Å². The minimum Gasteiger partial charge on any atom is -0.496 e. The summed E-state index contributed by atoms with van der Waals surface area (Å²) in [5.74, 6) is 0.851. The molecular formula is C18H25N3O3S. The number of ether oxygens (including phenoxy) is 1. The van der Waals surface area contributed by atoms with Crippen LogP contribution in [0.3, 0.4) is 0 Å². The molecule has 1 aliphatic heterocycles. The van der Waals surface area contributed by atoms with Crippen LogP contribution in [0.1, 0.15) is 35.4 Å². The maximum absolute atomic E-state index is 13.2. The Balaban J connectivity index is 1.87. The minimum absolute atomic E-state index is 0.0218. The fourth-order valence-corrected chi connectivity index (χ4v) is 5.74. The van der Waals surface area contributed by atoms with Gasteiger partial charge in [-0.2, -0.15) is 9.40 Å². The third kappa shape index (κ3) is 3.30. The van der Waals surface area contributed by atoms with Crippen LogP contribution in [0.5, 0.6) is 5.75 Å². The van der Waals surface area contributed by atoms with Gasteiger partial charge in [0.15, 0.2) is 0 Å². The van der Waals surface area contributed by atoms with Crippen LogP contribution in [0.25, 0.3) is 0 Å². The summed E-state index contributed by atoms with van der Waals surface area (Å²) in [5, 5.41) is 6.83. The van der Waals surface area contributed by atoms with E-state index in [9.17, 15) is 8.42 Å². The zero-order valence-electron chi connectivity index (χ0n) is 15.2. The van der Waals surface area contributed by atoms with E-state index in [2.05, 4.69) is 16.3 Å². The molecule has 1 aromatic heterocycles. The second kappa shape index (κ2) is 6.80. The molecule has 6 nitrogen and oxygen atoms in total. The van der Waals surface area contributed by atoms with Crippen LogP contribution >= 0.6 is 0 Å². The molecule has 1 aromatic carbocycles. The SMILES string of the molecule is COc1ccc(CC2CCCN2S(=O)(=O)c2c(C)n[nH]c2C)cc1C. The van der Waals surface area contributed by atoms with Gasteiger partial charge in [-0.15, -0.1) is 0 Å². The highest BCUT2D eigenvalue weighted by molar-refractivity contribution is 7.89. The van der Waals surface area contributed by atoms with Crippen molar-refractivity contribution < 1.29 is 13.2 Å². The molecule has 1 atom stereocenters. The number of hydrogen-bond donors (Lipinski definition) is 1. The van der Waals surface area contributed by atoms with Gasteiger partial charge in [0.2, 0.25) is 10.0 Å². The fourth-order valence-electron chi connectivity index (χ4n) is 3.71. The molecule has 136 valence electrons. The number of H-pyrrole nitrogens is 1. The Morgan fingerprint density at radius 1 is 1.32 bits per heavy atom. The maximum atomic E-state index is 13.2. The molecule has 1 saturated heterocycles. The van der Waals surface area contributed by atoms with Crippen molar-refractivity contribution in [2.45, 2.75) is 51.0 Å². The number of nitrogens with one attached hydrogen (secondary N) is 1. The first-order valence-electron chi connectivity index (χ1n) is 8.51. The smallest absolute Gasteiger partial charge is 0.246 e. The Morgan fingerprint density at radius 3 is 2.68 bits per heavy atom. The Hall–Kier alpha value is -1.86. The van der Waals surface area contributed by atoms with Crippen molar-refractivity contribution in [2.75, 3.05) is 13.7 Å². The fraction of sp³-hybridized carbons (Fsp3) is 0.500. The molecule has 1 N–H and O–H groups in total. The van der Waals surface area contributed by atoms with Gasteiger partial charge in [0, 0.05) is 12.6 Å². The second-order valence-corrected chi connectivity index (χ2v) is 8.51. The van der Waals surface area contributed by atoms with Crippen molar-refractivity contribution >= 4 is 10.0 Å². The lowest BCUT2D eigenvalue weighted by Crippen LogP contribution is -2.37. The topological polar surface area (TPSA) is 75.3 Å². The lowest BCUT2D eigenvalue weighted by molar-refractivity contribution is 0.384. The summed E-state index contributed by atoms with van der Waals surface area (Å²) in [5.41, 5.74) is 3.33. The average molecular weight is 363 g/mol. The average Bonchev–Trinajstić information content (AvgIpc) is 3.15. The van der Waals surface area contributed by atoms with E-state index in [-0.39, 0.29) is 6.04 Å². The Morgan fingerprint density at radius 2 is 2.08 bits per heavy atom. The number of rotatable bonds is 5. The van der Waals surface area contributed by atoms with Gasteiger partial charge in [0.25, 0.3) is 0 Å². The van der Waals surface area contributed by atoms with Crippen LogP contribution < -0.4 is 4.74 Å². The van der Waals surface area contributed by atoms with Gasteiger partial charge in [-0.1, -0.05) is 12.1 Å². The number of methoxy groups -OCH3 is 1. The van der Waals surface area contributed by atoms with Crippen LogP contribution in [0.15, 0.2) is 23.1 Å². The summed E-state index contributed by atoms with van der Waals surface area (Å²) in [6.45, 7) is 6.05. The zero-order valence-corrected chi connectivity index (χ0v) is 16.0. The second-order valence-electron chi connectivity index (χ2n) is 6.68. The molecule has 0 spiro atoms. The molecule has 0 saturated carbocycles. The number of hydrogen-bond acceptors (Lipinski definition) is 4. The highest BCUT2D eigenvalue weighted by Crippen LogP contribution is 2.31. The van der Waals surface area contributed by atoms with Crippen molar-refractivity contribution in [1.29, 1.82) is 0 Å². The standard InChI is InChI=1S/C18H25N3O3S/c1-12-10-15(7-8-17(12)24-4)11-16-6-5-9-21(16)25(22,23)18-13(2)19-20-14(18)3/h7-8,10,16H,5-6,9,11H2,1-4H3,(H,19,20). The van der Waals surface area contributed by atoms with Gasteiger partial charge in [-0.25, -0.2) is 8.42 Å². The van der Waals surface area contributed by atoms with Gasteiger partial charge in [-0.3, -0.25) is 5.10 Å². The molecule has 7 heteroatoms. The van der Waals surface area contributed by atoms with E-state index in [0.717, 1.165) is 29.7 Å². The number of aryl methyl sites for hydroxylation is 3. The van der Waals surface area contributed by atoms with E-state index >= 15 is 0 Å². The minimum atomic E-state index is -3.53. The zero-order chi connectivity index (χ0) is 18.2. The van der Waals surface area contributed by atoms with Gasteiger partial charge >= 0.3 is 0 Å². The Bertz CT molecular complexity index is 854. The number of sulfonamides is 1. The lowest BCUT2D eigenvalue weighted by atomic mass is 10.0. The monoisotopic (exact) mass is 363 g/mol. The predicted octanol–water partition coefficient (Wildman–Crippen LogP) is 2.74. The summed E-state index contributed by atoms with van der Waals surface area (Å²) in [4.78, 5) is 0.324. The molecule has 2 heterocycles. The normalized spacial score (nSPS) is 18.6. The molecule has 0 bridgehead atoms. The Kier molecular flexibility index (Phi) is 4.88. The molecule has 1 aliphatic rings. The third-order valence-corrected chi connectivity index (χ3v) is 7.10. The summed E-state index contributed by atoms with van der Waals surface area (Å²) < 4.78 is 33.3. The summed E-state index contributed by atoms with van der Waals surface area (Å²) in [6, 6.07) is 6.02. The molecule has 0 amide bonds.